The summed E-state index contributed by atoms with van der Waals surface area (Å²) in [5.41, 5.74) is -3.12. The van der Waals surface area contributed by atoms with Crippen molar-refractivity contribution in [3.8, 4) is 0 Å². The van der Waals surface area contributed by atoms with E-state index in [9.17, 15) is 27.9 Å². The molecule has 1 unspecified atom stereocenters. The van der Waals surface area contributed by atoms with Crippen LogP contribution in [0.1, 0.15) is 59.4 Å². The molecule has 1 aliphatic heterocycles. The molecule has 2 aromatic heterocycles. The predicted molar refractivity (Wildman–Crippen MR) is 138 cm³/mol. The van der Waals surface area contributed by atoms with E-state index in [1.807, 2.05) is 0 Å². The van der Waals surface area contributed by atoms with Gasteiger partial charge in [0.25, 0.3) is 18.2 Å². The minimum atomic E-state index is -2.92. The van der Waals surface area contributed by atoms with Crippen molar-refractivity contribution in [1.29, 1.82) is 0 Å². The van der Waals surface area contributed by atoms with Gasteiger partial charge in [-0.05, 0) is 61.9 Å². The molecule has 7 nitrogen and oxygen atoms in total. The Labute approximate surface area is 232 Å². The molecule has 12 heteroatoms. The van der Waals surface area contributed by atoms with Crippen molar-refractivity contribution in [2.45, 2.75) is 43.8 Å². The normalized spacial score (nSPS) is 22.7. The van der Waals surface area contributed by atoms with Gasteiger partial charge in [-0.3, -0.25) is 19.6 Å². The molecule has 1 aromatic carbocycles. The number of alkyl halides is 2. The monoisotopic (exact) mass is 578 g/mol. The number of carbonyl (C=O) groups excluding carboxylic acids is 2. The number of pyridine rings is 2. The van der Waals surface area contributed by atoms with E-state index in [4.69, 9.17) is 23.2 Å². The molecule has 1 atom stereocenters. The Bertz CT molecular complexity index is 1420. The average molecular weight is 579 g/mol. The largest absolute Gasteiger partial charge is 0.370 e. The van der Waals surface area contributed by atoms with Crippen LogP contribution in [0.15, 0.2) is 48.8 Å². The Morgan fingerprint density at radius 3 is 2.49 bits per heavy atom. The Hall–Kier alpha value is -3.21. The molecular weight excluding hydrogens is 556 g/mol. The molecule has 1 saturated carbocycles. The van der Waals surface area contributed by atoms with E-state index in [0.717, 1.165) is 6.20 Å². The number of benzene rings is 1. The fraction of sp³-hybridized carbons (Fsp3) is 0.333. The lowest BCUT2D eigenvalue weighted by atomic mass is 9.85. The first kappa shape index (κ1) is 27.4. The third kappa shape index (κ3) is 5.08. The van der Waals surface area contributed by atoms with Gasteiger partial charge in [-0.25, -0.2) is 13.2 Å². The lowest BCUT2D eigenvalue weighted by Gasteiger charge is -2.32. The fourth-order valence-electron chi connectivity index (χ4n) is 5.33. The van der Waals surface area contributed by atoms with Gasteiger partial charge in [0.1, 0.15) is 11.5 Å². The van der Waals surface area contributed by atoms with Gasteiger partial charge in [0.2, 0.25) is 5.60 Å². The van der Waals surface area contributed by atoms with E-state index in [2.05, 4.69) is 15.3 Å². The van der Waals surface area contributed by atoms with Crippen LogP contribution in [-0.4, -0.2) is 39.5 Å². The van der Waals surface area contributed by atoms with Crippen LogP contribution in [0.4, 0.5) is 18.9 Å². The number of hydrogen-bond acceptors (Lipinski definition) is 5. The van der Waals surface area contributed by atoms with Gasteiger partial charge in [0.05, 0.1) is 32.6 Å². The van der Waals surface area contributed by atoms with E-state index >= 15 is 0 Å². The quantitative estimate of drug-likeness (QED) is 0.406. The van der Waals surface area contributed by atoms with Gasteiger partial charge in [-0.2, -0.15) is 0 Å². The third-order valence-electron chi connectivity index (χ3n) is 7.26. The van der Waals surface area contributed by atoms with Crippen LogP contribution >= 0.6 is 23.2 Å². The van der Waals surface area contributed by atoms with Crippen LogP contribution in [0.5, 0.6) is 0 Å². The van der Waals surface area contributed by atoms with Gasteiger partial charge in [-0.1, -0.05) is 29.3 Å². The van der Waals surface area contributed by atoms with Crippen molar-refractivity contribution in [3.05, 3.63) is 87.2 Å². The number of hydrogen-bond donors (Lipinski definition) is 2. The molecule has 2 amide bonds. The van der Waals surface area contributed by atoms with Gasteiger partial charge in [0, 0.05) is 25.0 Å². The highest BCUT2D eigenvalue weighted by molar-refractivity contribution is 6.31. The molecule has 1 fully saturated rings. The molecule has 3 aromatic rings. The number of aromatic nitrogens is 2. The summed E-state index contributed by atoms with van der Waals surface area (Å²) in [6, 6.07) is 7.99. The average Bonchev–Trinajstić information content (AvgIpc) is 3.13. The summed E-state index contributed by atoms with van der Waals surface area (Å²) in [4.78, 5) is 35.4. The van der Waals surface area contributed by atoms with Crippen LogP contribution in [-0.2, 0) is 10.4 Å². The summed E-state index contributed by atoms with van der Waals surface area (Å²) in [5.74, 6) is -2.12. The van der Waals surface area contributed by atoms with Gasteiger partial charge < -0.3 is 15.3 Å². The first-order chi connectivity index (χ1) is 18.6. The van der Waals surface area contributed by atoms with Crippen molar-refractivity contribution in [2.75, 3.05) is 11.4 Å². The van der Waals surface area contributed by atoms with Gasteiger partial charge in [-0.15, -0.1) is 0 Å². The zero-order chi connectivity index (χ0) is 27.9. The van der Waals surface area contributed by atoms with E-state index in [1.165, 1.54) is 41.4 Å². The Morgan fingerprint density at radius 2 is 1.82 bits per heavy atom. The highest BCUT2D eigenvalue weighted by Crippen LogP contribution is 2.46. The number of nitrogens with zero attached hydrogens (tertiary/aromatic N) is 3. The summed E-state index contributed by atoms with van der Waals surface area (Å²) in [6.07, 6.45) is 1.71. The standard InChI is InChI=1S/C27H23Cl2F3N4O3/c28-15-6-9-21(33-11-15)27(39)22-19(30)2-1-3-20(22)36(26(27)38)13-14-4-7-17(8-5-14)35-25(37)18-10-16(29)12-34-23(18)24(31)32/h1-3,6,9-12,14,17,24,39H,4-5,7-8,13H2,(H,35,37). The molecule has 5 rings (SSSR count). The van der Waals surface area contributed by atoms with Crippen molar-refractivity contribution in [3.63, 3.8) is 0 Å². The van der Waals surface area contributed by atoms with Crippen molar-refractivity contribution >= 4 is 40.7 Å². The van der Waals surface area contributed by atoms with Crippen LogP contribution in [0, 0.1) is 11.7 Å². The molecule has 2 aliphatic rings. The van der Waals surface area contributed by atoms with Crippen molar-refractivity contribution < 1.29 is 27.9 Å². The molecule has 3 heterocycles. The molecule has 204 valence electrons. The van der Waals surface area contributed by atoms with Crippen LogP contribution in [0.2, 0.25) is 10.0 Å². The summed E-state index contributed by atoms with van der Waals surface area (Å²) < 4.78 is 41.6. The minimum Gasteiger partial charge on any atom is -0.370 e. The fourth-order valence-corrected chi connectivity index (χ4v) is 5.60. The lowest BCUT2D eigenvalue weighted by molar-refractivity contribution is -0.132. The summed E-state index contributed by atoms with van der Waals surface area (Å²) in [7, 11) is 0. The number of anilines is 1. The van der Waals surface area contributed by atoms with Crippen LogP contribution in [0.3, 0.4) is 0 Å². The molecule has 2 N–H and O–H groups in total. The van der Waals surface area contributed by atoms with Gasteiger partial charge >= 0.3 is 0 Å². The Balaban J connectivity index is 1.29. The maximum atomic E-state index is 15.0. The third-order valence-corrected chi connectivity index (χ3v) is 7.69. The molecule has 0 saturated heterocycles. The maximum Gasteiger partial charge on any atom is 0.281 e. The van der Waals surface area contributed by atoms with E-state index in [-0.39, 0.29) is 46.0 Å². The predicted octanol–water partition coefficient (Wildman–Crippen LogP) is 5.43. The number of amides is 2. The molecule has 39 heavy (non-hydrogen) atoms. The SMILES string of the molecule is O=C(NC1CCC(CN2C(=O)C(O)(c3ccc(Cl)cn3)c3c(F)cccc32)CC1)c1cc(Cl)cnc1C(F)F. The topological polar surface area (TPSA) is 95.4 Å². The zero-order valence-electron chi connectivity index (χ0n) is 20.4. The smallest absolute Gasteiger partial charge is 0.281 e. The summed E-state index contributed by atoms with van der Waals surface area (Å²) in [5, 5.41) is 14.7. The second kappa shape index (κ2) is 10.7. The molecule has 1 aliphatic carbocycles. The molecule has 0 spiro atoms. The first-order valence-corrected chi connectivity index (χ1v) is 13.0. The molecule has 0 bridgehead atoms. The summed E-state index contributed by atoms with van der Waals surface area (Å²) >= 11 is 11.8. The molecular formula is C27H23Cl2F3N4O3. The minimum absolute atomic E-state index is 0.0109. The van der Waals surface area contributed by atoms with Crippen molar-refractivity contribution in [1.82, 2.24) is 15.3 Å². The van der Waals surface area contributed by atoms with Gasteiger partial charge in [0.15, 0.2) is 0 Å². The number of fused-ring (bicyclic) bond motifs is 1. The number of rotatable bonds is 6. The number of aliphatic hydroxyl groups is 1. The van der Waals surface area contributed by atoms with E-state index in [1.54, 1.807) is 6.07 Å². The van der Waals surface area contributed by atoms with E-state index < -0.39 is 35.4 Å². The second-order valence-electron chi connectivity index (χ2n) is 9.70. The van der Waals surface area contributed by atoms with Crippen LogP contribution < -0.4 is 10.2 Å². The first-order valence-electron chi connectivity index (χ1n) is 12.3. The lowest BCUT2D eigenvalue weighted by Crippen LogP contribution is -2.45. The Kier molecular flexibility index (Phi) is 7.54. The molecule has 0 radical (unpaired) electrons. The number of carbonyl (C=O) groups is 2. The van der Waals surface area contributed by atoms with E-state index in [0.29, 0.717) is 30.7 Å². The number of nitrogens with one attached hydrogen (secondary N) is 1. The maximum absolute atomic E-state index is 15.0. The zero-order valence-corrected chi connectivity index (χ0v) is 21.9. The summed E-state index contributed by atoms with van der Waals surface area (Å²) in [6.45, 7) is 0.222. The van der Waals surface area contributed by atoms with Crippen LogP contribution in [0.25, 0.3) is 0 Å². The Morgan fingerprint density at radius 1 is 1.10 bits per heavy atom. The second-order valence-corrected chi connectivity index (χ2v) is 10.6. The number of halogens is 5. The van der Waals surface area contributed by atoms with Crippen molar-refractivity contribution in [2.24, 2.45) is 5.92 Å². The highest BCUT2D eigenvalue weighted by Gasteiger charge is 2.54. The highest BCUT2D eigenvalue weighted by atomic mass is 35.5.